The van der Waals surface area contributed by atoms with E-state index < -0.39 is 23.5 Å². The maximum atomic E-state index is 13.4. The largest absolute Gasteiger partial charge is 0.503 e. The van der Waals surface area contributed by atoms with Gasteiger partial charge in [0.2, 0.25) is 5.78 Å². The Bertz CT molecular complexity index is 1480. The third-order valence-corrected chi connectivity index (χ3v) is 7.10. The SMILES string of the molecule is Cc1cc(C)c2nc(N3C(=O)C(O)=C(C(=O)c4ccc(C)o4)C3c3cccc(Br)c3)sc2c1. The fourth-order valence-corrected chi connectivity index (χ4v) is 5.76. The number of halogens is 1. The lowest BCUT2D eigenvalue weighted by atomic mass is 9.95. The molecule has 1 N–H and O–H groups in total. The van der Waals surface area contributed by atoms with E-state index in [1.807, 2.05) is 50.2 Å². The number of amides is 1. The molecule has 33 heavy (non-hydrogen) atoms. The number of hydrogen-bond donors (Lipinski definition) is 1. The van der Waals surface area contributed by atoms with Crippen LogP contribution in [0, 0.1) is 20.8 Å². The number of nitrogens with zero attached hydrogens (tertiary/aromatic N) is 2. The number of furan rings is 1. The van der Waals surface area contributed by atoms with Crippen LogP contribution >= 0.6 is 27.3 Å². The van der Waals surface area contributed by atoms with Gasteiger partial charge in [-0.15, -0.1) is 0 Å². The lowest BCUT2D eigenvalue weighted by molar-refractivity contribution is -0.117. The maximum absolute atomic E-state index is 13.4. The molecule has 0 radical (unpaired) electrons. The molecule has 0 saturated carbocycles. The molecule has 6 nitrogen and oxygen atoms in total. The summed E-state index contributed by atoms with van der Waals surface area (Å²) in [5, 5.41) is 11.3. The number of aliphatic hydroxyl groups excluding tert-OH is 1. The minimum atomic E-state index is -0.852. The second-order valence-electron chi connectivity index (χ2n) is 8.06. The molecule has 1 atom stereocenters. The number of aliphatic hydroxyl groups is 1. The maximum Gasteiger partial charge on any atom is 0.296 e. The second-order valence-corrected chi connectivity index (χ2v) is 9.98. The Kier molecular flexibility index (Phi) is 5.22. The zero-order valence-corrected chi connectivity index (χ0v) is 20.5. The van der Waals surface area contributed by atoms with Gasteiger partial charge in [0.15, 0.2) is 16.7 Å². The van der Waals surface area contributed by atoms with Gasteiger partial charge in [0, 0.05) is 4.47 Å². The highest BCUT2D eigenvalue weighted by molar-refractivity contribution is 9.10. The molecule has 1 unspecified atom stereocenters. The zero-order valence-electron chi connectivity index (χ0n) is 18.0. The second kappa shape index (κ2) is 7.97. The molecule has 1 aliphatic rings. The first-order valence-corrected chi connectivity index (χ1v) is 11.9. The molecular formula is C25H19BrN2O4S. The minimum absolute atomic E-state index is 0.0281. The third kappa shape index (κ3) is 3.59. The van der Waals surface area contributed by atoms with Gasteiger partial charge in [0.05, 0.1) is 21.8 Å². The number of rotatable bonds is 4. The molecule has 2 aromatic heterocycles. The van der Waals surface area contributed by atoms with Crippen LogP contribution in [0.5, 0.6) is 0 Å². The van der Waals surface area contributed by atoms with Crippen molar-refractivity contribution in [2.45, 2.75) is 26.8 Å². The number of benzene rings is 2. The summed E-state index contributed by atoms with van der Waals surface area (Å²) in [4.78, 5) is 32.9. The van der Waals surface area contributed by atoms with Crippen molar-refractivity contribution < 1.29 is 19.1 Å². The number of fused-ring (bicyclic) bond motifs is 1. The number of carbonyl (C=O) groups is 2. The summed E-state index contributed by atoms with van der Waals surface area (Å²) in [5.74, 6) is -1.16. The first-order chi connectivity index (χ1) is 15.7. The standard InChI is InChI=1S/C25H19BrN2O4S/c1-12-9-13(2)20-18(10-12)33-25(27-20)28-21(15-5-4-6-16(26)11-15)19(23(30)24(28)31)22(29)17-8-7-14(3)32-17/h4-11,21,30H,1-3H3. The number of thiazole rings is 1. The molecule has 0 aliphatic carbocycles. The number of Topliss-reactive ketones (excluding diaryl/α,β-unsaturated/α-hetero) is 1. The van der Waals surface area contributed by atoms with Gasteiger partial charge in [0.25, 0.3) is 5.91 Å². The topological polar surface area (TPSA) is 83.6 Å². The average molecular weight is 523 g/mol. The van der Waals surface area contributed by atoms with Gasteiger partial charge in [-0.2, -0.15) is 0 Å². The Labute approximate surface area is 202 Å². The molecule has 0 fully saturated rings. The fraction of sp³-hybridized carbons (Fsp3) is 0.160. The lowest BCUT2D eigenvalue weighted by Crippen LogP contribution is -2.31. The van der Waals surface area contributed by atoms with Crippen LogP contribution < -0.4 is 4.90 Å². The summed E-state index contributed by atoms with van der Waals surface area (Å²) < 4.78 is 7.24. The predicted octanol–water partition coefficient (Wildman–Crippen LogP) is 6.36. The summed E-state index contributed by atoms with van der Waals surface area (Å²) in [6, 6.07) is 13.7. The summed E-state index contributed by atoms with van der Waals surface area (Å²) in [7, 11) is 0. The van der Waals surface area contributed by atoms with Crippen LogP contribution in [0.1, 0.15) is 39.0 Å². The van der Waals surface area contributed by atoms with Gasteiger partial charge in [-0.25, -0.2) is 4.98 Å². The summed E-state index contributed by atoms with van der Waals surface area (Å²) in [5.41, 5.74) is 3.52. The third-order valence-electron chi connectivity index (χ3n) is 5.61. The van der Waals surface area contributed by atoms with Crippen molar-refractivity contribution in [3.05, 3.63) is 92.5 Å². The van der Waals surface area contributed by atoms with Crippen LogP contribution in [0.25, 0.3) is 10.2 Å². The number of hydrogen-bond acceptors (Lipinski definition) is 6. The first-order valence-electron chi connectivity index (χ1n) is 10.3. The van der Waals surface area contributed by atoms with Gasteiger partial charge < -0.3 is 9.52 Å². The van der Waals surface area contributed by atoms with Crippen molar-refractivity contribution in [2.24, 2.45) is 0 Å². The Morgan fingerprint density at radius 1 is 1.15 bits per heavy atom. The van der Waals surface area contributed by atoms with Crippen molar-refractivity contribution in [1.29, 1.82) is 0 Å². The van der Waals surface area contributed by atoms with Crippen molar-refractivity contribution in [2.75, 3.05) is 4.90 Å². The molecule has 1 aliphatic heterocycles. The van der Waals surface area contributed by atoms with E-state index in [0.717, 1.165) is 25.8 Å². The van der Waals surface area contributed by atoms with Crippen LogP contribution in [0.3, 0.4) is 0 Å². The van der Waals surface area contributed by atoms with E-state index >= 15 is 0 Å². The van der Waals surface area contributed by atoms with Crippen LogP contribution in [0.2, 0.25) is 0 Å². The summed E-state index contributed by atoms with van der Waals surface area (Å²) in [6.07, 6.45) is 0. The fourth-order valence-electron chi connectivity index (χ4n) is 4.18. The van der Waals surface area contributed by atoms with E-state index in [2.05, 4.69) is 15.9 Å². The number of ketones is 1. The Morgan fingerprint density at radius 3 is 2.64 bits per heavy atom. The van der Waals surface area contributed by atoms with E-state index in [4.69, 9.17) is 9.40 Å². The molecular weight excluding hydrogens is 504 g/mol. The normalized spacial score (nSPS) is 16.3. The highest BCUT2D eigenvalue weighted by Gasteiger charge is 2.46. The lowest BCUT2D eigenvalue weighted by Gasteiger charge is -2.24. The van der Waals surface area contributed by atoms with E-state index in [9.17, 15) is 14.7 Å². The molecule has 0 bridgehead atoms. The first kappa shape index (κ1) is 21.6. The highest BCUT2D eigenvalue weighted by Crippen LogP contribution is 2.45. The summed E-state index contributed by atoms with van der Waals surface area (Å²) in [6.45, 7) is 5.71. The van der Waals surface area contributed by atoms with Crippen molar-refractivity contribution in [3.8, 4) is 0 Å². The molecule has 0 spiro atoms. The van der Waals surface area contributed by atoms with E-state index in [-0.39, 0.29) is 11.3 Å². The van der Waals surface area contributed by atoms with Crippen molar-refractivity contribution >= 4 is 54.3 Å². The molecule has 0 saturated heterocycles. The number of aromatic nitrogens is 1. The Balaban J connectivity index is 1.70. The molecule has 4 aromatic rings. The predicted molar refractivity (Wildman–Crippen MR) is 131 cm³/mol. The van der Waals surface area contributed by atoms with Crippen LogP contribution in [-0.4, -0.2) is 21.8 Å². The van der Waals surface area contributed by atoms with Crippen LogP contribution in [-0.2, 0) is 4.79 Å². The number of aryl methyl sites for hydroxylation is 3. The quantitative estimate of drug-likeness (QED) is 0.315. The molecule has 8 heteroatoms. The van der Waals surface area contributed by atoms with E-state index in [1.54, 1.807) is 19.1 Å². The number of anilines is 1. The summed E-state index contributed by atoms with van der Waals surface area (Å²) >= 11 is 4.82. The minimum Gasteiger partial charge on any atom is -0.503 e. The van der Waals surface area contributed by atoms with Gasteiger partial charge in [-0.3, -0.25) is 14.5 Å². The van der Waals surface area contributed by atoms with Crippen LogP contribution in [0.15, 0.2) is 68.8 Å². The van der Waals surface area contributed by atoms with Gasteiger partial charge >= 0.3 is 0 Å². The highest BCUT2D eigenvalue weighted by atomic mass is 79.9. The van der Waals surface area contributed by atoms with Gasteiger partial charge in [-0.05, 0) is 67.8 Å². The molecule has 2 aromatic carbocycles. The van der Waals surface area contributed by atoms with E-state index in [1.165, 1.54) is 16.2 Å². The number of carbonyl (C=O) groups excluding carboxylic acids is 2. The average Bonchev–Trinajstić information content (AvgIpc) is 3.44. The van der Waals surface area contributed by atoms with Gasteiger partial charge in [0.1, 0.15) is 5.76 Å². The van der Waals surface area contributed by atoms with Crippen molar-refractivity contribution in [3.63, 3.8) is 0 Å². The van der Waals surface area contributed by atoms with Crippen molar-refractivity contribution in [1.82, 2.24) is 4.98 Å². The Hall–Kier alpha value is -3.23. The molecule has 1 amide bonds. The van der Waals surface area contributed by atoms with Gasteiger partial charge in [-0.1, -0.05) is 45.5 Å². The molecule has 3 heterocycles. The Morgan fingerprint density at radius 2 is 1.94 bits per heavy atom. The molecule has 5 rings (SSSR count). The molecule has 166 valence electrons. The van der Waals surface area contributed by atoms with Crippen LogP contribution in [0.4, 0.5) is 5.13 Å². The zero-order chi connectivity index (χ0) is 23.4. The smallest absolute Gasteiger partial charge is 0.296 e. The monoisotopic (exact) mass is 522 g/mol. The van der Waals surface area contributed by atoms with E-state index in [0.29, 0.717) is 16.5 Å².